The van der Waals surface area contributed by atoms with Crippen LogP contribution in [0.4, 0.5) is 0 Å². The number of ether oxygens (including phenoxy) is 2. The molecule has 5 fully saturated rings. The summed E-state index contributed by atoms with van der Waals surface area (Å²) in [5, 5.41) is 10.7. The second-order valence-corrected chi connectivity index (χ2v) is 15.1. The average Bonchev–Trinajstić information content (AvgIpc) is 3.20. The van der Waals surface area contributed by atoms with Crippen LogP contribution in [0.1, 0.15) is 112 Å². The topological polar surface area (TPSA) is 55.8 Å². The zero-order valence-corrected chi connectivity index (χ0v) is 24.3. The zero-order chi connectivity index (χ0) is 26.1. The number of carbonyl (C=O) groups is 1. The van der Waals surface area contributed by atoms with Crippen molar-refractivity contribution in [3.05, 3.63) is 0 Å². The maximum atomic E-state index is 13.0. The monoisotopic (exact) mass is 502 g/mol. The molecule has 206 valence electrons. The Balaban J connectivity index is 1.54. The molecule has 36 heavy (non-hydrogen) atoms. The maximum Gasteiger partial charge on any atom is 0.309 e. The molecule has 5 saturated carbocycles. The van der Waals surface area contributed by atoms with Crippen molar-refractivity contribution in [1.29, 1.82) is 0 Å². The Labute approximate surface area is 220 Å². The Hall–Kier alpha value is -0.610. The molecule has 0 aliphatic heterocycles. The molecule has 1 N–H and O–H groups in total. The number of rotatable bonds is 6. The Morgan fingerprint density at radius 2 is 1.64 bits per heavy atom. The first kappa shape index (κ1) is 27.0. The Bertz CT molecular complexity index is 847. The lowest BCUT2D eigenvalue weighted by Gasteiger charge is -2.72. The van der Waals surface area contributed by atoms with Crippen LogP contribution in [0.2, 0.25) is 0 Å². The lowest BCUT2D eigenvalue weighted by atomic mass is 9.32. The largest absolute Gasteiger partial charge is 0.481 e. The second-order valence-electron chi connectivity index (χ2n) is 15.1. The first-order valence-corrected chi connectivity index (χ1v) is 15.3. The van der Waals surface area contributed by atoms with Crippen molar-refractivity contribution in [3.8, 4) is 0 Å². The second kappa shape index (κ2) is 8.97. The van der Waals surface area contributed by atoms with Crippen molar-refractivity contribution >= 4 is 5.97 Å². The van der Waals surface area contributed by atoms with E-state index >= 15 is 0 Å². The maximum absolute atomic E-state index is 13.0. The van der Waals surface area contributed by atoms with Crippen molar-refractivity contribution < 1.29 is 19.4 Å². The lowest BCUT2D eigenvalue weighted by molar-refractivity contribution is -0.242. The average molecular weight is 503 g/mol. The van der Waals surface area contributed by atoms with Crippen molar-refractivity contribution in [2.24, 2.45) is 56.7 Å². The minimum absolute atomic E-state index is 0.00602. The molecule has 0 radical (unpaired) electrons. The van der Waals surface area contributed by atoms with Gasteiger partial charge in [0.25, 0.3) is 0 Å². The third kappa shape index (κ3) is 3.48. The summed E-state index contributed by atoms with van der Waals surface area (Å²) in [6.07, 6.45) is 13.0. The van der Waals surface area contributed by atoms with Gasteiger partial charge < -0.3 is 14.6 Å². The van der Waals surface area contributed by atoms with E-state index in [0.717, 1.165) is 37.5 Å². The van der Waals surface area contributed by atoms with Gasteiger partial charge >= 0.3 is 5.97 Å². The van der Waals surface area contributed by atoms with Gasteiger partial charge in [-0.3, -0.25) is 4.79 Å². The van der Waals surface area contributed by atoms with Gasteiger partial charge in [0.1, 0.15) is 0 Å². The number of carboxylic acid groups (broad SMARTS) is 1. The van der Waals surface area contributed by atoms with Gasteiger partial charge in [-0.25, -0.2) is 0 Å². The number of hydrogen-bond donors (Lipinski definition) is 1. The molecule has 10 atom stereocenters. The smallest absolute Gasteiger partial charge is 0.309 e. The van der Waals surface area contributed by atoms with Gasteiger partial charge in [0.2, 0.25) is 0 Å². The molecule has 0 spiro atoms. The highest BCUT2D eigenvalue weighted by atomic mass is 16.5. The Morgan fingerprint density at radius 1 is 0.889 bits per heavy atom. The molecular formula is C32H54O4. The van der Waals surface area contributed by atoms with Crippen molar-refractivity contribution in [1.82, 2.24) is 0 Å². The number of carboxylic acids is 1. The van der Waals surface area contributed by atoms with E-state index < -0.39 is 11.4 Å². The molecule has 0 bridgehead atoms. The van der Waals surface area contributed by atoms with E-state index in [9.17, 15) is 9.90 Å². The van der Waals surface area contributed by atoms with E-state index in [0.29, 0.717) is 30.0 Å². The quantitative estimate of drug-likeness (QED) is 0.406. The van der Waals surface area contributed by atoms with Crippen LogP contribution in [0, 0.1) is 56.7 Å². The minimum Gasteiger partial charge on any atom is -0.481 e. The summed E-state index contributed by atoms with van der Waals surface area (Å²) in [7, 11) is 1.76. The molecule has 4 heteroatoms. The van der Waals surface area contributed by atoms with Crippen LogP contribution in [0.3, 0.4) is 0 Å². The van der Waals surface area contributed by atoms with E-state index in [1.54, 1.807) is 7.11 Å². The van der Waals surface area contributed by atoms with Gasteiger partial charge in [0.05, 0.1) is 18.1 Å². The number of methoxy groups -OCH3 is 1. The number of aliphatic carboxylic acids is 1. The predicted octanol–water partition coefficient (Wildman–Crippen LogP) is 7.59. The predicted molar refractivity (Wildman–Crippen MR) is 144 cm³/mol. The van der Waals surface area contributed by atoms with E-state index in [1.807, 2.05) is 0 Å². The summed E-state index contributed by atoms with van der Waals surface area (Å²) in [6.45, 7) is 16.3. The van der Waals surface area contributed by atoms with Crippen molar-refractivity contribution in [2.75, 3.05) is 20.3 Å². The van der Waals surface area contributed by atoms with Gasteiger partial charge in [0, 0.05) is 13.7 Å². The van der Waals surface area contributed by atoms with Crippen molar-refractivity contribution in [2.45, 2.75) is 118 Å². The molecule has 0 aromatic heterocycles. The molecule has 5 aliphatic rings. The van der Waals surface area contributed by atoms with Crippen LogP contribution in [-0.2, 0) is 14.3 Å². The lowest BCUT2D eigenvalue weighted by Crippen LogP contribution is -2.66. The van der Waals surface area contributed by atoms with Gasteiger partial charge in [0.15, 0.2) is 0 Å². The minimum atomic E-state index is -0.574. The summed E-state index contributed by atoms with van der Waals surface area (Å²) in [5.41, 5.74) is 0.771. The summed E-state index contributed by atoms with van der Waals surface area (Å²) < 4.78 is 11.9. The first-order chi connectivity index (χ1) is 16.9. The third-order valence-electron chi connectivity index (χ3n) is 13.8. The first-order valence-electron chi connectivity index (χ1n) is 15.3. The van der Waals surface area contributed by atoms with Crippen LogP contribution < -0.4 is 0 Å². The molecular weight excluding hydrogens is 448 g/mol. The zero-order valence-electron chi connectivity index (χ0n) is 24.3. The Kier molecular flexibility index (Phi) is 6.72. The van der Waals surface area contributed by atoms with E-state index in [2.05, 4.69) is 41.5 Å². The fourth-order valence-corrected chi connectivity index (χ4v) is 12.2. The summed E-state index contributed by atoms with van der Waals surface area (Å²) in [5.74, 6) is 1.98. The normalized spacial score (nSPS) is 50.4. The fourth-order valence-electron chi connectivity index (χ4n) is 12.2. The molecule has 0 amide bonds. The molecule has 5 rings (SSSR count). The van der Waals surface area contributed by atoms with Crippen molar-refractivity contribution in [3.63, 3.8) is 0 Å². The van der Waals surface area contributed by atoms with E-state index in [-0.39, 0.29) is 28.8 Å². The molecule has 0 heterocycles. The fraction of sp³-hybridized carbons (Fsp3) is 0.969. The highest BCUT2D eigenvalue weighted by Crippen LogP contribution is 2.77. The van der Waals surface area contributed by atoms with Crippen LogP contribution in [0.5, 0.6) is 0 Å². The van der Waals surface area contributed by atoms with Gasteiger partial charge in [-0.05, 0) is 122 Å². The molecule has 5 aliphatic carbocycles. The Morgan fingerprint density at radius 3 is 2.31 bits per heavy atom. The number of fused-ring (bicyclic) bond motifs is 7. The van der Waals surface area contributed by atoms with Crippen LogP contribution in [0.15, 0.2) is 0 Å². The number of hydrogen-bond acceptors (Lipinski definition) is 3. The van der Waals surface area contributed by atoms with E-state index in [4.69, 9.17) is 9.47 Å². The molecule has 0 aromatic rings. The van der Waals surface area contributed by atoms with E-state index in [1.165, 1.54) is 44.9 Å². The molecule has 7 unspecified atom stereocenters. The summed E-state index contributed by atoms with van der Waals surface area (Å²) in [4.78, 5) is 13.0. The molecule has 0 saturated heterocycles. The van der Waals surface area contributed by atoms with Gasteiger partial charge in [-0.1, -0.05) is 41.0 Å². The van der Waals surface area contributed by atoms with Crippen LogP contribution >= 0.6 is 0 Å². The summed E-state index contributed by atoms with van der Waals surface area (Å²) >= 11 is 0. The summed E-state index contributed by atoms with van der Waals surface area (Å²) in [6, 6.07) is 0. The van der Waals surface area contributed by atoms with Gasteiger partial charge in [-0.15, -0.1) is 0 Å². The standard InChI is InChI=1S/C32H54O4/c1-8-36-23(20-35-7)21-12-17-32(27(33)34)19-18-30(5)22(26(21)32)10-11-25-29(4)15-9-14-28(2,3)24(29)13-16-31(25,30)6/h21-26H,8-20H2,1-7H3,(H,33,34)/t21?,22?,23?,24?,25?,26?,29-,30+,31?,32-/m0/s1. The van der Waals surface area contributed by atoms with Crippen LogP contribution in [0.25, 0.3) is 0 Å². The van der Waals surface area contributed by atoms with Crippen LogP contribution in [-0.4, -0.2) is 37.5 Å². The highest BCUT2D eigenvalue weighted by molar-refractivity contribution is 5.76. The highest BCUT2D eigenvalue weighted by Gasteiger charge is 2.72. The molecule has 4 nitrogen and oxygen atoms in total. The third-order valence-corrected chi connectivity index (χ3v) is 13.8. The SMILES string of the molecule is CCOC(COC)C1CC[C@]2(C(=O)O)CC[C@]3(C)C(CCC4C3(C)CCC3C(C)(C)CCC[C@@]34C)C12. The van der Waals surface area contributed by atoms with Gasteiger partial charge in [-0.2, -0.15) is 0 Å². The molecule has 0 aromatic carbocycles.